The van der Waals surface area contributed by atoms with Crippen molar-refractivity contribution in [1.29, 1.82) is 0 Å². The van der Waals surface area contributed by atoms with E-state index in [2.05, 4.69) is 0 Å². The molecule has 2 aromatic carbocycles. The van der Waals surface area contributed by atoms with Gasteiger partial charge in [0.15, 0.2) is 5.78 Å². The standard InChI is InChI=1S/C23H25NO3/c1-15-5-4-6-18(11-15)22(26)24-9-7-23(8-10-24)14-20(25)19-12-16(2)17(3)13-21(19)27-23/h4-6,11-13H,7-10,14H2,1-3H3. The molecule has 0 bridgehead atoms. The number of likely N-dealkylation sites (tertiary alicyclic amines) is 1. The van der Waals surface area contributed by atoms with Crippen LogP contribution in [0.3, 0.4) is 0 Å². The third-order valence-electron chi connectivity index (χ3n) is 5.93. The summed E-state index contributed by atoms with van der Waals surface area (Å²) in [5.74, 6) is 0.910. The summed E-state index contributed by atoms with van der Waals surface area (Å²) < 4.78 is 6.36. The fourth-order valence-corrected chi connectivity index (χ4v) is 4.11. The summed E-state index contributed by atoms with van der Waals surface area (Å²) >= 11 is 0. The van der Waals surface area contributed by atoms with E-state index in [1.807, 2.05) is 62.1 Å². The Morgan fingerprint density at radius 1 is 1.04 bits per heavy atom. The lowest BCUT2D eigenvalue weighted by Crippen LogP contribution is -2.52. The second kappa shape index (κ2) is 6.52. The van der Waals surface area contributed by atoms with E-state index in [0.29, 0.717) is 43.7 Å². The van der Waals surface area contributed by atoms with E-state index >= 15 is 0 Å². The highest BCUT2D eigenvalue weighted by Crippen LogP contribution is 2.40. The molecule has 1 spiro atoms. The number of carbonyl (C=O) groups excluding carboxylic acids is 2. The van der Waals surface area contributed by atoms with Crippen LogP contribution in [0.1, 0.15) is 56.7 Å². The van der Waals surface area contributed by atoms with Crippen molar-refractivity contribution in [1.82, 2.24) is 4.90 Å². The predicted octanol–water partition coefficient (Wildman–Crippen LogP) is 4.25. The number of aryl methyl sites for hydroxylation is 3. The Bertz CT molecular complexity index is 923. The largest absolute Gasteiger partial charge is 0.486 e. The Labute approximate surface area is 160 Å². The molecule has 2 heterocycles. The first-order chi connectivity index (χ1) is 12.9. The molecule has 0 N–H and O–H groups in total. The number of benzene rings is 2. The van der Waals surface area contributed by atoms with Crippen LogP contribution in [0.4, 0.5) is 0 Å². The number of ether oxygens (including phenoxy) is 1. The van der Waals surface area contributed by atoms with Gasteiger partial charge >= 0.3 is 0 Å². The maximum absolute atomic E-state index is 12.8. The summed E-state index contributed by atoms with van der Waals surface area (Å²) in [6.45, 7) is 7.27. The van der Waals surface area contributed by atoms with Gasteiger partial charge in [0.05, 0.1) is 12.0 Å². The lowest BCUT2D eigenvalue weighted by atomic mass is 9.81. The fraction of sp³-hybridized carbons (Fsp3) is 0.391. The summed E-state index contributed by atoms with van der Waals surface area (Å²) in [5.41, 5.74) is 4.27. The Morgan fingerprint density at radius 2 is 1.74 bits per heavy atom. The molecule has 4 heteroatoms. The molecule has 1 saturated heterocycles. The van der Waals surface area contributed by atoms with Crippen LogP contribution in [0.25, 0.3) is 0 Å². The van der Waals surface area contributed by atoms with E-state index < -0.39 is 5.60 Å². The summed E-state index contributed by atoms with van der Waals surface area (Å²) in [6.07, 6.45) is 1.76. The molecule has 0 aromatic heterocycles. The van der Waals surface area contributed by atoms with Crippen LogP contribution in [0, 0.1) is 20.8 Å². The number of rotatable bonds is 1. The van der Waals surface area contributed by atoms with Gasteiger partial charge in [-0.1, -0.05) is 17.7 Å². The number of fused-ring (bicyclic) bond motifs is 1. The molecular weight excluding hydrogens is 338 g/mol. The van der Waals surface area contributed by atoms with E-state index in [4.69, 9.17) is 4.74 Å². The first kappa shape index (κ1) is 17.8. The fourth-order valence-electron chi connectivity index (χ4n) is 4.11. The van der Waals surface area contributed by atoms with Gasteiger partial charge in [-0.3, -0.25) is 9.59 Å². The molecule has 1 fully saturated rings. The third-order valence-corrected chi connectivity index (χ3v) is 5.93. The van der Waals surface area contributed by atoms with Crippen molar-refractivity contribution in [2.45, 2.75) is 45.6 Å². The molecular formula is C23H25NO3. The van der Waals surface area contributed by atoms with Crippen molar-refractivity contribution in [2.75, 3.05) is 13.1 Å². The summed E-state index contributed by atoms with van der Waals surface area (Å²) in [4.78, 5) is 27.4. The maximum atomic E-state index is 12.8. The Kier molecular flexibility index (Phi) is 4.29. The molecule has 4 nitrogen and oxygen atoms in total. The molecule has 140 valence electrons. The van der Waals surface area contributed by atoms with E-state index in [-0.39, 0.29) is 11.7 Å². The number of hydrogen-bond donors (Lipinski definition) is 0. The quantitative estimate of drug-likeness (QED) is 0.761. The minimum Gasteiger partial charge on any atom is -0.486 e. The van der Waals surface area contributed by atoms with Crippen LogP contribution in [0.5, 0.6) is 5.75 Å². The van der Waals surface area contributed by atoms with Gasteiger partial charge in [-0.25, -0.2) is 0 Å². The van der Waals surface area contributed by atoms with Gasteiger partial charge in [0.25, 0.3) is 5.91 Å². The summed E-state index contributed by atoms with van der Waals surface area (Å²) in [6, 6.07) is 11.6. The van der Waals surface area contributed by atoms with Gasteiger partial charge in [0.2, 0.25) is 0 Å². The predicted molar refractivity (Wildman–Crippen MR) is 105 cm³/mol. The Hall–Kier alpha value is -2.62. The topological polar surface area (TPSA) is 46.6 Å². The average molecular weight is 363 g/mol. The molecule has 0 radical (unpaired) electrons. The normalized spacial score (nSPS) is 18.2. The van der Waals surface area contributed by atoms with Crippen molar-refractivity contribution in [3.05, 3.63) is 64.2 Å². The lowest BCUT2D eigenvalue weighted by molar-refractivity contribution is -0.00575. The molecule has 0 unspecified atom stereocenters. The van der Waals surface area contributed by atoms with Gasteiger partial charge in [-0.2, -0.15) is 0 Å². The molecule has 0 aliphatic carbocycles. The minimum atomic E-state index is -0.477. The molecule has 0 saturated carbocycles. The van der Waals surface area contributed by atoms with Gasteiger partial charge in [0, 0.05) is 31.5 Å². The van der Waals surface area contributed by atoms with Crippen LogP contribution < -0.4 is 4.74 Å². The van der Waals surface area contributed by atoms with Crippen molar-refractivity contribution >= 4 is 11.7 Å². The number of piperidine rings is 1. The SMILES string of the molecule is Cc1cccc(C(=O)N2CCC3(CC2)CC(=O)c2cc(C)c(C)cc2O3)c1. The van der Waals surface area contributed by atoms with E-state index in [1.54, 1.807) is 0 Å². The van der Waals surface area contributed by atoms with Crippen molar-refractivity contribution in [3.63, 3.8) is 0 Å². The zero-order chi connectivity index (χ0) is 19.2. The second-order valence-electron chi connectivity index (χ2n) is 7.98. The highest BCUT2D eigenvalue weighted by molar-refractivity contribution is 6.00. The zero-order valence-corrected chi connectivity index (χ0v) is 16.2. The monoisotopic (exact) mass is 363 g/mol. The Morgan fingerprint density at radius 3 is 2.44 bits per heavy atom. The molecule has 2 aliphatic rings. The molecule has 4 rings (SSSR count). The smallest absolute Gasteiger partial charge is 0.253 e. The summed E-state index contributed by atoms with van der Waals surface area (Å²) in [5, 5.41) is 0. The third kappa shape index (κ3) is 3.25. The van der Waals surface area contributed by atoms with Gasteiger partial charge in [-0.05, 0) is 56.2 Å². The molecule has 0 atom stereocenters. The molecule has 2 aliphatic heterocycles. The van der Waals surface area contributed by atoms with Gasteiger partial charge in [0.1, 0.15) is 11.4 Å². The van der Waals surface area contributed by atoms with Crippen LogP contribution in [0.2, 0.25) is 0 Å². The molecule has 27 heavy (non-hydrogen) atoms. The number of carbonyl (C=O) groups is 2. The summed E-state index contributed by atoms with van der Waals surface area (Å²) in [7, 11) is 0. The first-order valence-corrected chi connectivity index (χ1v) is 9.56. The van der Waals surface area contributed by atoms with Gasteiger partial charge in [-0.15, -0.1) is 0 Å². The van der Waals surface area contributed by atoms with Crippen molar-refractivity contribution in [3.8, 4) is 5.75 Å². The van der Waals surface area contributed by atoms with Crippen LogP contribution >= 0.6 is 0 Å². The first-order valence-electron chi connectivity index (χ1n) is 9.56. The zero-order valence-electron chi connectivity index (χ0n) is 16.2. The molecule has 1 amide bonds. The number of nitrogens with zero attached hydrogens (tertiary/aromatic N) is 1. The number of amides is 1. The van der Waals surface area contributed by atoms with E-state index in [9.17, 15) is 9.59 Å². The number of hydrogen-bond acceptors (Lipinski definition) is 3. The molecule has 2 aromatic rings. The minimum absolute atomic E-state index is 0.0579. The highest BCUT2D eigenvalue weighted by atomic mass is 16.5. The number of ketones is 1. The second-order valence-corrected chi connectivity index (χ2v) is 7.98. The number of Topliss-reactive ketones (excluding diaryl/α,β-unsaturated/α-hetero) is 1. The van der Waals surface area contributed by atoms with Crippen LogP contribution in [0.15, 0.2) is 36.4 Å². The van der Waals surface area contributed by atoms with Crippen LogP contribution in [-0.4, -0.2) is 35.3 Å². The maximum Gasteiger partial charge on any atom is 0.253 e. The average Bonchev–Trinajstić information content (AvgIpc) is 2.64. The lowest BCUT2D eigenvalue weighted by Gasteiger charge is -2.44. The van der Waals surface area contributed by atoms with Crippen molar-refractivity contribution < 1.29 is 14.3 Å². The highest BCUT2D eigenvalue weighted by Gasteiger charge is 2.43. The Balaban J connectivity index is 1.51. The van der Waals surface area contributed by atoms with Crippen molar-refractivity contribution in [2.24, 2.45) is 0 Å². The van der Waals surface area contributed by atoms with E-state index in [0.717, 1.165) is 22.3 Å². The van der Waals surface area contributed by atoms with Crippen LogP contribution in [-0.2, 0) is 0 Å². The van der Waals surface area contributed by atoms with Gasteiger partial charge < -0.3 is 9.64 Å². The van der Waals surface area contributed by atoms with E-state index in [1.165, 1.54) is 0 Å².